The van der Waals surface area contributed by atoms with Crippen LogP contribution in [0.25, 0.3) is 0 Å². The van der Waals surface area contributed by atoms with Gasteiger partial charge in [-0.05, 0) is 18.2 Å². The van der Waals surface area contributed by atoms with Crippen LogP contribution in [0.5, 0.6) is 0 Å². The molecule has 0 aromatic heterocycles. The van der Waals surface area contributed by atoms with E-state index in [9.17, 15) is 13.2 Å². The zero-order chi connectivity index (χ0) is 16.2. The van der Waals surface area contributed by atoms with E-state index in [4.69, 9.17) is 22.0 Å². The summed E-state index contributed by atoms with van der Waals surface area (Å²) in [4.78, 5) is 10.7. The Balaban J connectivity index is 3.19. The maximum atomic E-state index is 12.5. The molecule has 0 fully saturated rings. The number of carboxylic acid groups (broad SMARTS) is 1. The van der Waals surface area contributed by atoms with Gasteiger partial charge in [0, 0.05) is 13.1 Å². The Kier molecular flexibility index (Phi) is 5.72. The van der Waals surface area contributed by atoms with E-state index in [2.05, 4.69) is 0 Å². The summed E-state index contributed by atoms with van der Waals surface area (Å²) in [5.74, 6) is -1.91. The highest BCUT2D eigenvalue weighted by Crippen LogP contribution is 2.26. The predicted octanol–water partition coefficient (Wildman–Crippen LogP) is 1.94. The summed E-state index contributed by atoms with van der Waals surface area (Å²) in [6.07, 6.45) is 0. The van der Waals surface area contributed by atoms with Crippen LogP contribution in [0.1, 0.15) is 19.4 Å². The molecule has 0 saturated carbocycles. The molecule has 6 nitrogen and oxygen atoms in total. The van der Waals surface area contributed by atoms with Crippen molar-refractivity contribution >= 4 is 27.6 Å². The van der Waals surface area contributed by atoms with E-state index in [1.165, 1.54) is 25.1 Å². The molecule has 1 unspecified atom stereocenters. The van der Waals surface area contributed by atoms with E-state index in [-0.39, 0.29) is 28.6 Å². The first-order valence-electron chi connectivity index (χ1n) is 6.16. The molecule has 0 aliphatic rings. The normalized spacial score (nSPS) is 12.9. The SMILES string of the molecule is CCN(CC(C)C(=O)O)S(=O)(=O)c1ccc(C#N)cc1Cl. The first kappa shape index (κ1) is 17.4. The van der Waals surface area contributed by atoms with Crippen LogP contribution in [0.3, 0.4) is 0 Å². The Bertz CT molecular complexity index is 682. The van der Waals surface area contributed by atoms with E-state index < -0.39 is 21.9 Å². The topological polar surface area (TPSA) is 98.5 Å². The molecule has 0 bridgehead atoms. The Morgan fingerprint density at radius 1 is 1.52 bits per heavy atom. The molecule has 0 heterocycles. The second-order valence-corrected chi connectivity index (χ2v) is 6.77. The quantitative estimate of drug-likeness (QED) is 0.859. The van der Waals surface area contributed by atoms with Gasteiger partial charge >= 0.3 is 5.97 Å². The lowest BCUT2D eigenvalue weighted by molar-refractivity contribution is -0.141. The number of carboxylic acids is 1. The van der Waals surface area contributed by atoms with E-state index in [0.717, 1.165) is 4.31 Å². The molecule has 114 valence electrons. The smallest absolute Gasteiger partial charge is 0.307 e. The molecule has 8 heteroatoms. The number of carbonyl (C=O) groups is 1. The number of sulfonamides is 1. The summed E-state index contributed by atoms with van der Waals surface area (Å²) >= 11 is 5.92. The molecule has 1 aromatic carbocycles. The molecule has 0 amide bonds. The molecule has 0 saturated heterocycles. The lowest BCUT2D eigenvalue weighted by atomic mass is 10.2. The molecular formula is C13H15ClN2O4S. The maximum absolute atomic E-state index is 12.5. The number of rotatable bonds is 6. The number of benzene rings is 1. The molecule has 1 N–H and O–H groups in total. The maximum Gasteiger partial charge on any atom is 0.307 e. The van der Waals surface area contributed by atoms with Gasteiger partial charge in [-0.1, -0.05) is 25.4 Å². The number of hydrogen-bond donors (Lipinski definition) is 1. The number of aliphatic carboxylic acids is 1. The van der Waals surface area contributed by atoms with E-state index in [1.54, 1.807) is 6.92 Å². The Morgan fingerprint density at radius 2 is 2.14 bits per heavy atom. The molecule has 21 heavy (non-hydrogen) atoms. The summed E-state index contributed by atoms with van der Waals surface area (Å²) in [5, 5.41) is 17.6. The van der Waals surface area contributed by atoms with Crippen molar-refractivity contribution < 1.29 is 18.3 Å². The van der Waals surface area contributed by atoms with Crippen molar-refractivity contribution in [3.8, 4) is 6.07 Å². The van der Waals surface area contributed by atoms with Crippen LogP contribution < -0.4 is 0 Å². The third-order valence-corrected chi connectivity index (χ3v) is 5.35. The van der Waals surface area contributed by atoms with Crippen molar-refractivity contribution in [1.82, 2.24) is 4.31 Å². The number of halogens is 1. The van der Waals surface area contributed by atoms with E-state index in [0.29, 0.717) is 0 Å². The van der Waals surface area contributed by atoms with Gasteiger partial charge in [-0.25, -0.2) is 8.42 Å². The monoisotopic (exact) mass is 330 g/mol. The summed E-state index contributed by atoms with van der Waals surface area (Å²) in [6.45, 7) is 3.02. The molecule has 0 spiro atoms. The Hall–Kier alpha value is -1.62. The molecular weight excluding hydrogens is 316 g/mol. The van der Waals surface area contributed by atoms with Crippen LogP contribution in [0.15, 0.2) is 23.1 Å². The average molecular weight is 331 g/mol. The minimum Gasteiger partial charge on any atom is -0.481 e. The molecule has 1 rings (SSSR count). The molecule has 1 atom stereocenters. The van der Waals surface area contributed by atoms with Crippen molar-refractivity contribution in [2.75, 3.05) is 13.1 Å². The first-order valence-corrected chi connectivity index (χ1v) is 7.98. The predicted molar refractivity (Wildman–Crippen MR) is 77.4 cm³/mol. The number of nitriles is 1. The van der Waals surface area contributed by atoms with Gasteiger partial charge in [-0.3, -0.25) is 4.79 Å². The highest BCUT2D eigenvalue weighted by molar-refractivity contribution is 7.89. The highest BCUT2D eigenvalue weighted by atomic mass is 35.5. The van der Waals surface area contributed by atoms with Crippen molar-refractivity contribution in [1.29, 1.82) is 5.26 Å². The van der Waals surface area contributed by atoms with Crippen molar-refractivity contribution in [3.63, 3.8) is 0 Å². The van der Waals surface area contributed by atoms with Gasteiger partial charge in [-0.2, -0.15) is 9.57 Å². The zero-order valence-corrected chi connectivity index (χ0v) is 13.1. The van der Waals surface area contributed by atoms with Crippen LogP contribution in [-0.2, 0) is 14.8 Å². The van der Waals surface area contributed by atoms with Crippen LogP contribution >= 0.6 is 11.6 Å². The van der Waals surface area contributed by atoms with Crippen molar-refractivity contribution in [2.45, 2.75) is 18.7 Å². The Morgan fingerprint density at radius 3 is 2.57 bits per heavy atom. The summed E-state index contributed by atoms with van der Waals surface area (Å²) in [6, 6.07) is 5.74. The van der Waals surface area contributed by atoms with E-state index >= 15 is 0 Å². The van der Waals surface area contributed by atoms with Gasteiger partial charge in [0.05, 0.1) is 22.6 Å². The van der Waals surface area contributed by atoms with Crippen molar-refractivity contribution in [2.24, 2.45) is 5.92 Å². The van der Waals surface area contributed by atoms with Gasteiger partial charge in [-0.15, -0.1) is 0 Å². The third-order valence-electron chi connectivity index (χ3n) is 2.93. The summed E-state index contributed by atoms with van der Waals surface area (Å²) in [7, 11) is -3.91. The fourth-order valence-corrected chi connectivity index (χ4v) is 3.76. The lowest BCUT2D eigenvalue weighted by Crippen LogP contribution is -2.36. The Labute approximate surface area is 128 Å². The van der Waals surface area contributed by atoms with Gasteiger partial charge in [0.2, 0.25) is 10.0 Å². The lowest BCUT2D eigenvalue weighted by Gasteiger charge is -2.22. The van der Waals surface area contributed by atoms with Gasteiger partial charge in [0.25, 0.3) is 0 Å². The van der Waals surface area contributed by atoms with Crippen LogP contribution in [0.2, 0.25) is 5.02 Å². The molecule has 0 aliphatic heterocycles. The van der Waals surface area contributed by atoms with Gasteiger partial charge in [0.1, 0.15) is 4.90 Å². The fourth-order valence-electron chi connectivity index (χ4n) is 1.70. The zero-order valence-electron chi connectivity index (χ0n) is 11.6. The molecule has 0 radical (unpaired) electrons. The van der Waals surface area contributed by atoms with Crippen LogP contribution in [0.4, 0.5) is 0 Å². The number of nitrogens with zero attached hydrogens (tertiary/aromatic N) is 2. The first-order chi connectivity index (χ1) is 9.73. The summed E-state index contributed by atoms with van der Waals surface area (Å²) < 4.78 is 26.1. The fraction of sp³-hybridized carbons (Fsp3) is 0.385. The largest absolute Gasteiger partial charge is 0.481 e. The second-order valence-electron chi connectivity index (χ2n) is 4.45. The minimum absolute atomic E-state index is 0.0597. The second kappa shape index (κ2) is 6.89. The molecule has 0 aliphatic carbocycles. The average Bonchev–Trinajstić information content (AvgIpc) is 2.43. The highest BCUT2D eigenvalue weighted by Gasteiger charge is 2.28. The van der Waals surface area contributed by atoms with E-state index in [1.807, 2.05) is 6.07 Å². The van der Waals surface area contributed by atoms with Crippen LogP contribution in [-0.4, -0.2) is 36.9 Å². The molecule has 1 aromatic rings. The minimum atomic E-state index is -3.91. The third kappa shape index (κ3) is 3.94. The van der Waals surface area contributed by atoms with Gasteiger partial charge in [0.15, 0.2) is 0 Å². The van der Waals surface area contributed by atoms with Gasteiger partial charge < -0.3 is 5.11 Å². The summed E-state index contributed by atoms with van der Waals surface area (Å²) in [5.41, 5.74) is 0.251. The van der Waals surface area contributed by atoms with Crippen LogP contribution in [0, 0.1) is 17.2 Å². The standard InChI is InChI=1S/C13H15ClN2O4S/c1-3-16(8-9(2)13(17)18)21(19,20)12-5-4-10(7-15)6-11(12)14/h4-6,9H,3,8H2,1-2H3,(H,17,18). The number of hydrogen-bond acceptors (Lipinski definition) is 4. The van der Waals surface area contributed by atoms with Crippen molar-refractivity contribution in [3.05, 3.63) is 28.8 Å².